The second kappa shape index (κ2) is 5.22. The molecule has 3 aromatic rings. The molecule has 4 nitrogen and oxygen atoms in total. The highest BCUT2D eigenvalue weighted by Gasteiger charge is 2.14. The van der Waals surface area contributed by atoms with Gasteiger partial charge in [-0.25, -0.2) is 4.98 Å². The Morgan fingerprint density at radius 3 is 2.76 bits per heavy atom. The minimum atomic E-state index is -0.193. The molecule has 0 aliphatic rings. The minimum Gasteiger partial charge on any atom is -0.340 e. The summed E-state index contributed by atoms with van der Waals surface area (Å²) in [5.41, 5.74) is 2.53. The van der Waals surface area contributed by atoms with Gasteiger partial charge in [0.1, 0.15) is 11.5 Å². The van der Waals surface area contributed by atoms with Crippen LogP contribution in [0.2, 0.25) is 5.02 Å². The zero-order chi connectivity index (χ0) is 15.0. The average Bonchev–Trinajstić information content (AvgIpc) is 2.79. The lowest BCUT2D eigenvalue weighted by Crippen LogP contribution is -2.16. The van der Waals surface area contributed by atoms with E-state index in [4.69, 9.17) is 11.6 Å². The first kappa shape index (κ1) is 13.6. The molecule has 1 N–H and O–H groups in total. The van der Waals surface area contributed by atoms with Crippen molar-refractivity contribution in [3.63, 3.8) is 0 Å². The number of aryl methyl sites for hydroxylation is 2. The van der Waals surface area contributed by atoms with Crippen LogP contribution in [0.3, 0.4) is 0 Å². The van der Waals surface area contributed by atoms with E-state index in [0.29, 0.717) is 16.5 Å². The molecule has 3 rings (SSSR count). The van der Waals surface area contributed by atoms with E-state index < -0.39 is 0 Å². The summed E-state index contributed by atoms with van der Waals surface area (Å²) < 4.78 is 1.82. The number of nitrogens with zero attached hydrogens (tertiary/aromatic N) is 2. The van der Waals surface area contributed by atoms with E-state index in [2.05, 4.69) is 10.3 Å². The molecule has 0 unspecified atom stereocenters. The number of benzene rings is 1. The van der Waals surface area contributed by atoms with E-state index in [1.165, 1.54) is 0 Å². The van der Waals surface area contributed by atoms with E-state index in [9.17, 15) is 4.79 Å². The van der Waals surface area contributed by atoms with Gasteiger partial charge in [-0.15, -0.1) is 0 Å². The summed E-state index contributed by atoms with van der Waals surface area (Å²) in [5.74, 6) is 0.343. The molecule has 5 heteroatoms. The summed E-state index contributed by atoms with van der Waals surface area (Å²) in [5, 5.41) is 4.42. The molecule has 0 fully saturated rings. The largest absolute Gasteiger partial charge is 0.340 e. The number of halogens is 1. The van der Waals surface area contributed by atoms with Gasteiger partial charge in [0.15, 0.2) is 0 Å². The maximum Gasteiger partial charge on any atom is 0.273 e. The fourth-order valence-electron chi connectivity index (χ4n) is 2.24. The van der Waals surface area contributed by atoms with Crippen molar-refractivity contribution < 1.29 is 4.79 Å². The molecule has 0 radical (unpaired) electrons. The number of fused-ring (bicyclic) bond motifs is 1. The lowest BCUT2D eigenvalue weighted by Gasteiger charge is -2.06. The van der Waals surface area contributed by atoms with Gasteiger partial charge >= 0.3 is 0 Å². The molecule has 0 atom stereocenters. The van der Waals surface area contributed by atoms with Gasteiger partial charge in [-0.1, -0.05) is 23.7 Å². The predicted octanol–water partition coefficient (Wildman–Crippen LogP) is 3.79. The third-order valence-corrected chi connectivity index (χ3v) is 3.63. The van der Waals surface area contributed by atoms with Gasteiger partial charge in [0, 0.05) is 29.2 Å². The molecule has 0 saturated heterocycles. The first-order valence-electron chi connectivity index (χ1n) is 6.53. The lowest BCUT2D eigenvalue weighted by atomic mass is 10.2. The Morgan fingerprint density at radius 2 is 2.05 bits per heavy atom. The summed E-state index contributed by atoms with van der Waals surface area (Å²) in [6, 6.07) is 11.1. The van der Waals surface area contributed by atoms with Crippen molar-refractivity contribution in [3.05, 3.63) is 58.9 Å². The highest BCUT2D eigenvalue weighted by Crippen LogP contribution is 2.23. The van der Waals surface area contributed by atoms with Gasteiger partial charge in [-0.3, -0.25) is 4.79 Å². The fourth-order valence-corrected chi connectivity index (χ4v) is 2.41. The van der Waals surface area contributed by atoms with E-state index in [-0.39, 0.29) is 5.91 Å². The van der Waals surface area contributed by atoms with Crippen LogP contribution in [0.25, 0.3) is 10.9 Å². The van der Waals surface area contributed by atoms with Gasteiger partial charge in [0.25, 0.3) is 5.91 Å². The van der Waals surface area contributed by atoms with Crippen molar-refractivity contribution in [1.82, 2.24) is 9.55 Å². The van der Waals surface area contributed by atoms with E-state index in [0.717, 1.165) is 16.5 Å². The van der Waals surface area contributed by atoms with Crippen LogP contribution in [-0.4, -0.2) is 15.5 Å². The zero-order valence-electron chi connectivity index (χ0n) is 11.7. The third kappa shape index (κ3) is 2.62. The molecule has 106 valence electrons. The summed E-state index contributed by atoms with van der Waals surface area (Å²) in [7, 11) is 1.84. The Hall–Kier alpha value is -2.33. The van der Waals surface area contributed by atoms with Gasteiger partial charge in [0.05, 0.1) is 0 Å². The monoisotopic (exact) mass is 299 g/mol. The van der Waals surface area contributed by atoms with Crippen LogP contribution in [0.1, 0.15) is 16.1 Å². The minimum absolute atomic E-state index is 0.193. The van der Waals surface area contributed by atoms with Gasteiger partial charge < -0.3 is 9.88 Å². The van der Waals surface area contributed by atoms with Crippen LogP contribution < -0.4 is 5.32 Å². The molecule has 2 heterocycles. The van der Waals surface area contributed by atoms with Crippen LogP contribution in [0, 0.1) is 6.92 Å². The standard InChI is InChI=1S/C16H14ClN3O/c1-10-3-6-15(18-9-10)19-16(21)14-7-11-4-5-12(17)8-13(11)20(14)2/h3-9H,1-2H3,(H,18,19,21). The zero-order valence-corrected chi connectivity index (χ0v) is 12.5. The molecule has 0 aliphatic heterocycles. The first-order valence-corrected chi connectivity index (χ1v) is 6.91. The summed E-state index contributed by atoms with van der Waals surface area (Å²) in [6.45, 7) is 1.95. The van der Waals surface area contributed by atoms with Crippen LogP contribution >= 0.6 is 11.6 Å². The smallest absolute Gasteiger partial charge is 0.273 e. The number of anilines is 1. The lowest BCUT2D eigenvalue weighted by molar-refractivity contribution is 0.101. The van der Waals surface area contributed by atoms with Gasteiger partial charge in [-0.05, 0) is 36.8 Å². The number of aromatic nitrogens is 2. The summed E-state index contributed by atoms with van der Waals surface area (Å²) in [4.78, 5) is 16.5. The average molecular weight is 300 g/mol. The van der Waals surface area contributed by atoms with Crippen molar-refractivity contribution in [3.8, 4) is 0 Å². The highest BCUT2D eigenvalue weighted by atomic mass is 35.5. The fraction of sp³-hybridized carbons (Fsp3) is 0.125. The number of pyridine rings is 1. The second-order valence-corrected chi connectivity index (χ2v) is 5.40. The van der Waals surface area contributed by atoms with E-state index in [1.807, 2.05) is 48.9 Å². The number of carbonyl (C=O) groups is 1. The molecule has 1 aromatic carbocycles. The number of nitrogens with one attached hydrogen (secondary N) is 1. The van der Waals surface area contributed by atoms with Crippen molar-refractivity contribution in [2.75, 3.05) is 5.32 Å². The third-order valence-electron chi connectivity index (χ3n) is 3.39. The number of hydrogen-bond acceptors (Lipinski definition) is 2. The molecule has 0 aliphatic carbocycles. The number of carbonyl (C=O) groups excluding carboxylic acids is 1. The van der Waals surface area contributed by atoms with E-state index in [1.54, 1.807) is 12.3 Å². The second-order valence-electron chi connectivity index (χ2n) is 4.97. The Morgan fingerprint density at radius 1 is 1.24 bits per heavy atom. The Bertz CT molecular complexity index is 821. The molecule has 2 aromatic heterocycles. The number of amides is 1. The van der Waals surface area contributed by atoms with Gasteiger partial charge in [-0.2, -0.15) is 0 Å². The number of rotatable bonds is 2. The topological polar surface area (TPSA) is 46.9 Å². The first-order chi connectivity index (χ1) is 10.0. The van der Waals surface area contributed by atoms with Crippen LogP contribution in [0.15, 0.2) is 42.6 Å². The normalized spacial score (nSPS) is 10.8. The molecule has 1 amide bonds. The highest BCUT2D eigenvalue weighted by molar-refractivity contribution is 6.31. The molecule has 0 saturated carbocycles. The van der Waals surface area contributed by atoms with Crippen molar-refractivity contribution in [2.45, 2.75) is 6.92 Å². The Balaban J connectivity index is 1.94. The van der Waals surface area contributed by atoms with Crippen LogP contribution in [-0.2, 0) is 7.05 Å². The Kier molecular flexibility index (Phi) is 3.39. The molecule has 0 bridgehead atoms. The molecular formula is C16H14ClN3O. The molecular weight excluding hydrogens is 286 g/mol. The van der Waals surface area contributed by atoms with E-state index >= 15 is 0 Å². The van der Waals surface area contributed by atoms with Gasteiger partial charge in [0.2, 0.25) is 0 Å². The summed E-state index contributed by atoms with van der Waals surface area (Å²) >= 11 is 6.00. The maximum absolute atomic E-state index is 12.4. The van der Waals surface area contributed by atoms with Crippen molar-refractivity contribution in [2.24, 2.45) is 7.05 Å². The predicted molar refractivity (Wildman–Crippen MR) is 84.9 cm³/mol. The van der Waals surface area contributed by atoms with Crippen molar-refractivity contribution in [1.29, 1.82) is 0 Å². The quantitative estimate of drug-likeness (QED) is 0.782. The van der Waals surface area contributed by atoms with Crippen molar-refractivity contribution >= 4 is 34.2 Å². The number of hydrogen-bond donors (Lipinski definition) is 1. The summed E-state index contributed by atoms with van der Waals surface area (Å²) in [6.07, 6.45) is 1.72. The Labute approximate surface area is 127 Å². The SMILES string of the molecule is Cc1ccc(NC(=O)c2cc3ccc(Cl)cc3n2C)nc1. The molecule has 0 spiro atoms. The maximum atomic E-state index is 12.4. The molecule has 21 heavy (non-hydrogen) atoms. The van der Waals surface area contributed by atoms with Crippen LogP contribution in [0.4, 0.5) is 5.82 Å². The van der Waals surface area contributed by atoms with Crippen LogP contribution in [0.5, 0.6) is 0 Å².